The molecule has 104 valence electrons. The van der Waals surface area contributed by atoms with E-state index in [4.69, 9.17) is 21.4 Å². The first kappa shape index (κ1) is 14.3. The van der Waals surface area contributed by atoms with Crippen LogP contribution in [0.3, 0.4) is 0 Å². The lowest BCUT2D eigenvalue weighted by Gasteiger charge is -2.09. The van der Waals surface area contributed by atoms with E-state index >= 15 is 0 Å². The highest BCUT2D eigenvalue weighted by Gasteiger charge is 2.07. The number of hydrogen-bond acceptors (Lipinski definition) is 2. The quantitative estimate of drug-likeness (QED) is 0.925. The largest absolute Gasteiger partial charge is 0.489 e. The molecule has 2 rings (SSSR count). The first-order valence-electron chi connectivity index (χ1n) is 5.88. The number of benzene rings is 2. The van der Waals surface area contributed by atoms with Gasteiger partial charge in [-0.3, -0.25) is 0 Å². The predicted molar refractivity (Wildman–Crippen MR) is 73.9 cm³/mol. The van der Waals surface area contributed by atoms with Gasteiger partial charge in [0, 0.05) is 6.07 Å². The van der Waals surface area contributed by atoms with Crippen molar-refractivity contribution < 1.29 is 19.0 Å². The molecule has 0 saturated carbocycles. The summed E-state index contributed by atoms with van der Waals surface area (Å²) < 4.78 is 18.7. The Hall–Kier alpha value is -2.07. The van der Waals surface area contributed by atoms with Crippen molar-refractivity contribution in [2.24, 2.45) is 0 Å². The summed E-state index contributed by atoms with van der Waals surface area (Å²) in [6.45, 7) is 2.03. The van der Waals surface area contributed by atoms with Gasteiger partial charge in [-0.15, -0.1) is 0 Å². The van der Waals surface area contributed by atoms with E-state index in [1.165, 1.54) is 18.2 Å². The van der Waals surface area contributed by atoms with Crippen molar-refractivity contribution in [3.63, 3.8) is 0 Å². The van der Waals surface area contributed by atoms with Crippen molar-refractivity contribution in [3.8, 4) is 5.75 Å². The van der Waals surface area contributed by atoms with Crippen molar-refractivity contribution >= 4 is 17.6 Å². The summed E-state index contributed by atoms with van der Waals surface area (Å²) in [5.74, 6) is -1.14. The minimum Gasteiger partial charge on any atom is -0.489 e. The number of hydrogen-bond donors (Lipinski definition) is 1. The second kappa shape index (κ2) is 5.92. The van der Waals surface area contributed by atoms with Crippen molar-refractivity contribution in [2.45, 2.75) is 13.5 Å². The number of carboxylic acids is 1. The molecule has 20 heavy (non-hydrogen) atoms. The van der Waals surface area contributed by atoms with Crippen molar-refractivity contribution in [1.29, 1.82) is 0 Å². The van der Waals surface area contributed by atoms with Crippen molar-refractivity contribution in [1.82, 2.24) is 0 Å². The Morgan fingerprint density at radius 2 is 2.05 bits per heavy atom. The molecule has 1 N–H and O–H groups in total. The standard InChI is InChI=1S/C15H12ClFO3/c1-9-6-10(15(18)19)2-3-11(9)8-20-12-4-5-13(16)14(17)7-12/h2-7H,8H2,1H3,(H,18,19). The predicted octanol–water partition coefficient (Wildman–Crippen LogP) is 4.06. The summed E-state index contributed by atoms with van der Waals surface area (Å²) in [4.78, 5) is 10.8. The number of carboxylic acid groups (broad SMARTS) is 1. The van der Waals surface area contributed by atoms with E-state index in [-0.39, 0.29) is 17.2 Å². The number of halogens is 2. The van der Waals surface area contributed by atoms with Crippen LogP contribution in [0.4, 0.5) is 4.39 Å². The minimum absolute atomic E-state index is 0.0411. The van der Waals surface area contributed by atoms with Crippen LogP contribution in [0, 0.1) is 12.7 Å². The summed E-state index contributed by atoms with van der Waals surface area (Å²) in [6, 6.07) is 8.98. The summed E-state index contributed by atoms with van der Waals surface area (Å²) in [6.07, 6.45) is 0. The van der Waals surface area contributed by atoms with Crippen LogP contribution in [0.2, 0.25) is 5.02 Å². The number of carbonyl (C=O) groups is 1. The fourth-order valence-electron chi connectivity index (χ4n) is 1.72. The second-order valence-electron chi connectivity index (χ2n) is 4.31. The Morgan fingerprint density at radius 1 is 1.30 bits per heavy atom. The Balaban J connectivity index is 2.10. The SMILES string of the molecule is Cc1cc(C(=O)O)ccc1COc1ccc(Cl)c(F)c1. The van der Waals surface area contributed by atoms with Crippen LogP contribution in [0.1, 0.15) is 21.5 Å². The Kier molecular flexibility index (Phi) is 4.25. The molecule has 0 heterocycles. The summed E-state index contributed by atoms with van der Waals surface area (Å²) in [7, 11) is 0. The summed E-state index contributed by atoms with van der Waals surface area (Å²) in [5.41, 5.74) is 1.87. The van der Waals surface area contributed by atoms with E-state index in [1.807, 2.05) is 0 Å². The Morgan fingerprint density at radius 3 is 2.65 bits per heavy atom. The van der Waals surface area contributed by atoms with Crippen molar-refractivity contribution in [3.05, 3.63) is 63.9 Å². The molecule has 0 saturated heterocycles. The van der Waals surface area contributed by atoms with Crippen LogP contribution in [-0.4, -0.2) is 11.1 Å². The molecule has 0 aliphatic rings. The van der Waals surface area contributed by atoms with Gasteiger partial charge >= 0.3 is 5.97 Å². The third-order valence-corrected chi connectivity index (χ3v) is 3.18. The van der Waals surface area contributed by atoms with Crippen LogP contribution in [0.25, 0.3) is 0 Å². The highest BCUT2D eigenvalue weighted by molar-refractivity contribution is 6.30. The first-order chi connectivity index (χ1) is 9.47. The lowest BCUT2D eigenvalue weighted by Crippen LogP contribution is -2.02. The molecule has 0 fully saturated rings. The van der Waals surface area contributed by atoms with Gasteiger partial charge in [0.15, 0.2) is 0 Å². The van der Waals surface area contributed by atoms with E-state index in [0.717, 1.165) is 11.1 Å². The first-order valence-corrected chi connectivity index (χ1v) is 6.26. The molecule has 0 spiro atoms. The molecule has 0 unspecified atom stereocenters. The molecule has 3 nitrogen and oxygen atoms in total. The fraction of sp³-hybridized carbons (Fsp3) is 0.133. The Labute approximate surface area is 120 Å². The average Bonchev–Trinajstić information content (AvgIpc) is 2.41. The maximum absolute atomic E-state index is 13.2. The summed E-state index contributed by atoms with van der Waals surface area (Å²) >= 11 is 5.58. The third kappa shape index (κ3) is 3.27. The van der Waals surface area contributed by atoms with Gasteiger partial charge in [-0.05, 0) is 42.3 Å². The van der Waals surface area contributed by atoms with Gasteiger partial charge in [0.05, 0.1) is 10.6 Å². The smallest absolute Gasteiger partial charge is 0.335 e. The zero-order valence-electron chi connectivity index (χ0n) is 10.7. The molecular formula is C15H12ClFO3. The number of rotatable bonds is 4. The lowest BCUT2D eigenvalue weighted by molar-refractivity contribution is 0.0696. The van der Waals surface area contributed by atoms with Gasteiger partial charge in [-0.25, -0.2) is 9.18 Å². The Bertz CT molecular complexity index is 656. The molecule has 0 bridgehead atoms. The van der Waals surface area contributed by atoms with Gasteiger partial charge < -0.3 is 9.84 Å². The molecule has 0 aliphatic heterocycles. The molecular weight excluding hydrogens is 283 g/mol. The van der Waals surface area contributed by atoms with Crippen LogP contribution in [0.15, 0.2) is 36.4 Å². The molecule has 2 aromatic rings. The van der Waals surface area contributed by atoms with E-state index < -0.39 is 11.8 Å². The lowest BCUT2D eigenvalue weighted by atomic mass is 10.1. The van der Waals surface area contributed by atoms with Crippen LogP contribution >= 0.6 is 11.6 Å². The van der Waals surface area contributed by atoms with Crippen LogP contribution in [-0.2, 0) is 6.61 Å². The molecule has 0 aromatic heterocycles. The molecule has 0 atom stereocenters. The number of aromatic carboxylic acids is 1. The topological polar surface area (TPSA) is 46.5 Å². The van der Waals surface area contributed by atoms with Crippen molar-refractivity contribution in [2.75, 3.05) is 0 Å². The van der Waals surface area contributed by atoms with Gasteiger partial charge in [0.25, 0.3) is 0 Å². The zero-order chi connectivity index (χ0) is 14.7. The molecule has 2 aromatic carbocycles. The maximum Gasteiger partial charge on any atom is 0.335 e. The normalized spacial score (nSPS) is 10.3. The van der Waals surface area contributed by atoms with Gasteiger partial charge in [-0.2, -0.15) is 0 Å². The van der Waals surface area contributed by atoms with Crippen LogP contribution in [0.5, 0.6) is 5.75 Å². The molecule has 0 aliphatic carbocycles. The third-order valence-electron chi connectivity index (χ3n) is 2.87. The monoisotopic (exact) mass is 294 g/mol. The second-order valence-corrected chi connectivity index (χ2v) is 4.72. The van der Waals surface area contributed by atoms with Crippen LogP contribution < -0.4 is 4.74 Å². The van der Waals surface area contributed by atoms with Gasteiger partial charge in [-0.1, -0.05) is 17.7 Å². The zero-order valence-corrected chi connectivity index (χ0v) is 11.4. The van der Waals surface area contributed by atoms with E-state index in [1.54, 1.807) is 25.1 Å². The van der Waals surface area contributed by atoms with E-state index in [9.17, 15) is 9.18 Å². The molecule has 0 radical (unpaired) electrons. The fourth-order valence-corrected chi connectivity index (χ4v) is 1.84. The highest BCUT2D eigenvalue weighted by atomic mass is 35.5. The molecule has 0 amide bonds. The molecule has 5 heteroatoms. The van der Waals surface area contributed by atoms with Gasteiger partial charge in [0.1, 0.15) is 18.2 Å². The highest BCUT2D eigenvalue weighted by Crippen LogP contribution is 2.22. The number of ether oxygens (including phenoxy) is 1. The number of aryl methyl sites for hydroxylation is 1. The maximum atomic E-state index is 13.2. The van der Waals surface area contributed by atoms with Gasteiger partial charge in [0.2, 0.25) is 0 Å². The van der Waals surface area contributed by atoms with E-state index in [2.05, 4.69) is 0 Å². The average molecular weight is 295 g/mol. The van der Waals surface area contributed by atoms with E-state index in [0.29, 0.717) is 5.75 Å². The summed E-state index contributed by atoms with van der Waals surface area (Å²) in [5, 5.41) is 8.92. The minimum atomic E-state index is -0.972.